The van der Waals surface area contributed by atoms with Crippen LogP contribution in [-0.4, -0.2) is 48.2 Å². The van der Waals surface area contributed by atoms with Crippen LogP contribution in [0.2, 0.25) is 5.02 Å². The van der Waals surface area contributed by atoms with Crippen molar-refractivity contribution < 1.29 is 14.4 Å². The van der Waals surface area contributed by atoms with Crippen LogP contribution in [0.15, 0.2) is 54.6 Å². The summed E-state index contributed by atoms with van der Waals surface area (Å²) in [4.78, 5) is 38.4. The lowest BCUT2D eigenvalue weighted by atomic mass is 10.0. The number of nitrogens with one attached hydrogen (secondary N) is 2. The molecule has 2 rings (SSSR count). The molecule has 1 unspecified atom stereocenters. The number of Topliss-reactive ketones (excluding diaryl/α,β-unsaturated/α-hetero) is 1. The van der Waals surface area contributed by atoms with Crippen molar-refractivity contribution in [3.8, 4) is 0 Å². The third-order valence-corrected chi connectivity index (χ3v) is 4.95. The zero-order valence-corrected chi connectivity index (χ0v) is 18.1. The average molecular weight is 430 g/mol. The molecule has 6 nitrogen and oxygen atoms in total. The number of halogens is 1. The molecule has 160 valence electrons. The van der Waals surface area contributed by atoms with Crippen LogP contribution >= 0.6 is 11.6 Å². The first-order chi connectivity index (χ1) is 14.4. The van der Waals surface area contributed by atoms with Gasteiger partial charge in [0.05, 0.1) is 19.1 Å². The van der Waals surface area contributed by atoms with Gasteiger partial charge in [-0.25, -0.2) is 0 Å². The van der Waals surface area contributed by atoms with Crippen LogP contribution in [0.4, 0.5) is 0 Å². The van der Waals surface area contributed by atoms with Crippen molar-refractivity contribution >= 4 is 29.2 Å². The number of hydrogen-bond acceptors (Lipinski definition) is 4. The Labute approximate surface area is 182 Å². The molecule has 0 aliphatic rings. The minimum atomic E-state index is -0.586. The molecule has 30 heavy (non-hydrogen) atoms. The Bertz CT molecular complexity index is 841. The molecule has 2 N–H and O–H groups in total. The fourth-order valence-electron chi connectivity index (χ4n) is 2.93. The summed E-state index contributed by atoms with van der Waals surface area (Å²) in [6.07, 6.45) is 0.440. The summed E-state index contributed by atoms with van der Waals surface area (Å²) in [6.45, 7) is 4.42. The summed E-state index contributed by atoms with van der Waals surface area (Å²) >= 11 is 5.86. The quantitative estimate of drug-likeness (QED) is 0.575. The maximum atomic E-state index is 12.5. The Morgan fingerprint density at radius 2 is 1.57 bits per heavy atom. The van der Waals surface area contributed by atoms with Gasteiger partial charge in [0, 0.05) is 11.6 Å². The molecule has 2 aromatic rings. The highest BCUT2D eigenvalue weighted by Crippen LogP contribution is 2.09. The third kappa shape index (κ3) is 8.35. The molecule has 1 atom stereocenters. The molecule has 0 saturated carbocycles. The van der Waals surface area contributed by atoms with E-state index in [4.69, 9.17) is 11.6 Å². The van der Waals surface area contributed by atoms with E-state index >= 15 is 0 Å². The largest absolute Gasteiger partial charge is 0.351 e. The van der Waals surface area contributed by atoms with E-state index in [0.717, 1.165) is 11.1 Å². The number of hydrogen-bond donors (Lipinski definition) is 2. The summed E-state index contributed by atoms with van der Waals surface area (Å²) in [5, 5.41) is 6.27. The molecule has 0 heterocycles. The van der Waals surface area contributed by atoms with Gasteiger partial charge in [0.1, 0.15) is 0 Å². The number of carbonyl (C=O) groups excluding carboxylic acids is 3. The molecule has 0 saturated heterocycles. The first-order valence-electron chi connectivity index (χ1n) is 9.94. The standard InChI is InChI=1S/C23H28ClN3O3/c1-3-27(15-22(29)25-14-19-9-11-20(24)12-10-19)16-23(30)26-21(17(2)28)13-18-7-5-4-6-8-18/h4-12,21H,3,13-16H2,1-2H3,(H,25,29)(H,26,30). The Hall–Kier alpha value is -2.70. The van der Waals surface area contributed by atoms with Gasteiger partial charge in [0.25, 0.3) is 0 Å². The van der Waals surface area contributed by atoms with Gasteiger partial charge in [-0.3, -0.25) is 19.3 Å². The number of ketones is 1. The van der Waals surface area contributed by atoms with Gasteiger partial charge < -0.3 is 10.6 Å². The van der Waals surface area contributed by atoms with Crippen molar-refractivity contribution in [3.63, 3.8) is 0 Å². The fourth-order valence-corrected chi connectivity index (χ4v) is 3.06. The SMILES string of the molecule is CCN(CC(=O)NCc1ccc(Cl)cc1)CC(=O)NC(Cc1ccccc1)C(C)=O. The number of nitrogens with zero attached hydrogens (tertiary/aromatic N) is 1. The Balaban J connectivity index is 1.82. The number of rotatable bonds is 11. The van der Waals surface area contributed by atoms with Gasteiger partial charge in [-0.05, 0) is 43.1 Å². The molecule has 0 aliphatic heterocycles. The average Bonchev–Trinajstić information content (AvgIpc) is 2.73. The molecule has 0 spiro atoms. The summed E-state index contributed by atoms with van der Waals surface area (Å²) in [7, 11) is 0. The predicted octanol–water partition coefficient (Wildman–Crippen LogP) is 2.59. The van der Waals surface area contributed by atoms with Crippen LogP contribution in [0.1, 0.15) is 25.0 Å². The topological polar surface area (TPSA) is 78.5 Å². The van der Waals surface area contributed by atoms with Crippen molar-refractivity contribution in [2.24, 2.45) is 0 Å². The normalized spacial score (nSPS) is 11.7. The van der Waals surface area contributed by atoms with Gasteiger partial charge in [0.2, 0.25) is 11.8 Å². The van der Waals surface area contributed by atoms with Crippen molar-refractivity contribution in [2.45, 2.75) is 32.9 Å². The molecule has 0 aliphatic carbocycles. The van der Waals surface area contributed by atoms with Crippen molar-refractivity contribution in [1.29, 1.82) is 0 Å². The molecule has 0 fully saturated rings. The molecule has 0 bridgehead atoms. The van der Waals surface area contributed by atoms with Gasteiger partial charge in [-0.15, -0.1) is 0 Å². The first kappa shape index (κ1) is 23.6. The molecule has 0 radical (unpaired) electrons. The second-order valence-electron chi connectivity index (χ2n) is 7.13. The van der Waals surface area contributed by atoms with Gasteiger partial charge in [-0.1, -0.05) is 61.0 Å². The van der Waals surface area contributed by atoms with Crippen molar-refractivity contribution in [3.05, 3.63) is 70.7 Å². The Morgan fingerprint density at radius 1 is 0.933 bits per heavy atom. The molecule has 2 amide bonds. The second-order valence-corrected chi connectivity index (χ2v) is 7.56. The zero-order valence-electron chi connectivity index (χ0n) is 17.4. The van der Waals surface area contributed by atoms with Crippen LogP contribution in [0.25, 0.3) is 0 Å². The fraction of sp³-hybridized carbons (Fsp3) is 0.348. The lowest BCUT2D eigenvalue weighted by Gasteiger charge is -2.22. The molecule has 2 aromatic carbocycles. The van der Waals surface area contributed by atoms with Crippen LogP contribution in [-0.2, 0) is 27.3 Å². The number of amides is 2. The van der Waals surface area contributed by atoms with E-state index in [9.17, 15) is 14.4 Å². The van der Waals surface area contributed by atoms with E-state index in [1.54, 1.807) is 17.0 Å². The van der Waals surface area contributed by atoms with Crippen molar-refractivity contribution in [1.82, 2.24) is 15.5 Å². The Morgan fingerprint density at radius 3 is 2.17 bits per heavy atom. The lowest BCUT2D eigenvalue weighted by Crippen LogP contribution is -2.47. The van der Waals surface area contributed by atoms with E-state index in [0.29, 0.717) is 24.5 Å². The highest BCUT2D eigenvalue weighted by molar-refractivity contribution is 6.30. The maximum Gasteiger partial charge on any atom is 0.234 e. The highest BCUT2D eigenvalue weighted by atomic mass is 35.5. The summed E-state index contributed by atoms with van der Waals surface area (Å²) < 4.78 is 0. The molecular weight excluding hydrogens is 402 g/mol. The van der Waals surface area contributed by atoms with Gasteiger partial charge >= 0.3 is 0 Å². The minimum Gasteiger partial charge on any atom is -0.351 e. The molecule has 7 heteroatoms. The van der Waals surface area contributed by atoms with Crippen LogP contribution in [0, 0.1) is 0 Å². The zero-order chi connectivity index (χ0) is 21.9. The van der Waals surface area contributed by atoms with Crippen LogP contribution in [0.5, 0.6) is 0 Å². The first-order valence-corrected chi connectivity index (χ1v) is 10.3. The smallest absolute Gasteiger partial charge is 0.234 e. The minimum absolute atomic E-state index is 0.0451. The van der Waals surface area contributed by atoms with Crippen LogP contribution in [0.3, 0.4) is 0 Å². The van der Waals surface area contributed by atoms with Crippen molar-refractivity contribution in [2.75, 3.05) is 19.6 Å². The summed E-state index contributed by atoms with van der Waals surface area (Å²) in [6, 6.07) is 16.2. The van der Waals surface area contributed by atoms with Crippen LogP contribution < -0.4 is 10.6 Å². The van der Waals surface area contributed by atoms with E-state index in [-0.39, 0.29) is 30.7 Å². The lowest BCUT2D eigenvalue weighted by molar-refractivity contribution is -0.128. The molecular formula is C23H28ClN3O3. The summed E-state index contributed by atoms with van der Waals surface area (Å²) in [5.74, 6) is -0.554. The second kappa shape index (κ2) is 12.1. The number of benzene rings is 2. The van der Waals surface area contributed by atoms with Gasteiger partial charge in [-0.2, -0.15) is 0 Å². The van der Waals surface area contributed by atoms with E-state index in [2.05, 4.69) is 10.6 Å². The summed E-state index contributed by atoms with van der Waals surface area (Å²) in [5.41, 5.74) is 1.92. The monoisotopic (exact) mass is 429 g/mol. The number of likely N-dealkylation sites (N-methyl/N-ethyl adjacent to an activating group) is 1. The van der Waals surface area contributed by atoms with E-state index < -0.39 is 6.04 Å². The maximum absolute atomic E-state index is 12.5. The third-order valence-electron chi connectivity index (χ3n) is 4.69. The Kier molecular flexibility index (Phi) is 9.51. The van der Waals surface area contributed by atoms with Gasteiger partial charge in [0.15, 0.2) is 5.78 Å². The van der Waals surface area contributed by atoms with E-state index in [1.165, 1.54) is 6.92 Å². The van der Waals surface area contributed by atoms with E-state index in [1.807, 2.05) is 49.4 Å². The number of carbonyl (C=O) groups is 3. The molecule has 0 aromatic heterocycles. The predicted molar refractivity (Wildman–Crippen MR) is 118 cm³/mol. The highest BCUT2D eigenvalue weighted by Gasteiger charge is 2.20.